The Balaban J connectivity index is 1.77. The van der Waals surface area contributed by atoms with Crippen LogP contribution in [0.2, 0.25) is 0 Å². The Bertz CT molecular complexity index is 1450. The van der Waals surface area contributed by atoms with Crippen molar-refractivity contribution in [3.8, 4) is 11.5 Å². The van der Waals surface area contributed by atoms with E-state index in [1.165, 1.54) is 48.5 Å². The van der Waals surface area contributed by atoms with E-state index in [0.29, 0.717) is 16.7 Å². The van der Waals surface area contributed by atoms with Gasteiger partial charge in [0.15, 0.2) is 0 Å². The number of thioether (sulfide) groups is 1. The lowest BCUT2D eigenvalue weighted by molar-refractivity contribution is -0.275. The van der Waals surface area contributed by atoms with Gasteiger partial charge in [0, 0.05) is 23.4 Å². The molecule has 3 nitrogen and oxygen atoms in total. The van der Waals surface area contributed by atoms with Gasteiger partial charge in [-0.2, -0.15) is 13.2 Å². The molecule has 44 heavy (non-hydrogen) atoms. The van der Waals surface area contributed by atoms with E-state index in [1.54, 1.807) is 42.5 Å². The molecule has 0 amide bonds. The summed E-state index contributed by atoms with van der Waals surface area (Å²) >= 11 is -0.261. The average Bonchev–Trinajstić information content (AvgIpc) is 2.92. The molecule has 0 fully saturated rings. The van der Waals surface area contributed by atoms with Crippen LogP contribution >= 0.6 is 11.8 Å². The molecule has 0 aliphatic heterocycles. The fourth-order valence-corrected chi connectivity index (χ4v) is 5.33. The minimum atomic E-state index is -4.99. The van der Waals surface area contributed by atoms with Gasteiger partial charge in [0.25, 0.3) is 0 Å². The first-order valence-electron chi connectivity index (χ1n) is 12.9. The summed E-state index contributed by atoms with van der Waals surface area (Å²) in [5.74, 6) is -1.04. The Labute approximate surface area is 251 Å². The van der Waals surface area contributed by atoms with Crippen molar-refractivity contribution in [2.24, 2.45) is 0 Å². The van der Waals surface area contributed by atoms with Crippen molar-refractivity contribution in [2.75, 3.05) is 6.54 Å². The van der Waals surface area contributed by atoms with E-state index < -0.39 is 35.1 Å². The second-order valence-corrected chi connectivity index (χ2v) is 10.8. The Morgan fingerprint density at radius 1 is 0.568 bits per heavy atom. The molecule has 0 aromatic heterocycles. The number of alkyl halides is 9. The fourth-order valence-electron chi connectivity index (χ4n) is 4.79. The van der Waals surface area contributed by atoms with E-state index in [4.69, 9.17) is 0 Å². The van der Waals surface area contributed by atoms with Crippen molar-refractivity contribution in [3.63, 3.8) is 0 Å². The van der Waals surface area contributed by atoms with E-state index in [-0.39, 0.29) is 36.2 Å². The second kappa shape index (κ2) is 13.4. The molecule has 0 bridgehead atoms. The number of benzene rings is 4. The summed E-state index contributed by atoms with van der Waals surface area (Å²) in [6.45, 7) is 0.122. The van der Waals surface area contributed by atoms with Crippen LogP contribution in [-0.2, 0) is 18.4 Å². The first-order valence-corrected chi connectivity index (χ1v) is 13.7. The van der Waals surface area contributed by atoms with Gasteiger partial charge in [-0.1, -0.05) is 66.7 Å². The number of hydrogen-bond acceptors (Lipinski definition) is 4. The highest BCUT2D eigenvalue weighted by Crippen LogP contribution is 2.40. The van der Waals surface area contributed by atoms with Crippen molar-refractivity contribution in [1.29, 1.82) is 0 Å². The molecule has 0 saturated carbocycles. The molecule has 0 aliphatic rings. The molecule has 4 aromatic carbocycles. The number of hydrogen-bond donors (Lipinski definition) is 1. The highest BCUT2D eigenvalue weighted by molar-refractivity contribution is 8.00. The van der Waals surface area contributed by atoms with E-state index >= 15 is 0 Å². The highest BCUT2D eigenvalue weighted by Gasteiger charge is 2.38. The number of rotatable bonds is 11. The summed E-state index contributed by atoms with van der Waals surface area (Å²) in [6, 6.07) is 24.8. The largest absolute Gasteiger partial charge is 0.573 e. The number of ether oxygens (including phenoxy) is 2. The van der Waals surface area contributed by atoms with Crippen LogP contribution in [0, 0.1) is 0 Å². The molecule has 0 spiro atoms. The number of halogens is 9. The summed E-state index contributed by atoms with van der Waals surface area (Å²) in [5.41, 5.74) is -3.79. The third-order valence-electron chi connectivity index (χ3n) is 6.50. The lowest BCUT2D eigenvalue weighted by Gasteiger charge is -2.36. The van der Waals surface area contributed by atoms with Gasteiger partial charge in [0.1, 0.15) is 11.5 Å². The van der Waals surface area contributed by atoms with Crippen LogP contribution in [-0.4, -0.2) is 24.8 Å². The zero-order chi connectivity index (χ0) is 32.0. The van der Waals surface area contributed by atoms with E-state index in [0.717, 1.165) is 17.7 Å². The van der Waals surface area contributed by atoms with Crippen molar-refractivity contribution < 1.29 is 49.0 Å². The molecule has 0 aliphatic carbocycles. The van der Waals surface area contributed by atoms with E-state index in [1.807, 2.05) is 0 Å². The predicted octanol–water partition coefficient (Wildman–Crippen LogP) is 9.41. The minimum Gasteiger partial charge on any atom is -0.406 e. The fraction of sp³-hybridized carbons (Fsp3) is 0.226. The van der Waals surface area contributed by atoms with Crippen LogP contribution in [0.1, 0.15) is 22.3 Å². The maximum atomic E-state index is 13.1. The van der Waals surface area contributed by atoms with Crippen LogP contribution in [0.5, 0.6) is 11.5 Å². The molecule has 0 heterocycles. The molecular weight excluding hydrogens is 621 g/mol. The third-order valence-corrected chi connectivity index (χ3v) is 7.24. The van der Waals surface area contributed by atoms with Gasteiger partial charge < -0.3 is 14.8 Å². The molecule has 13 heteroatoms. The zero-order valence-electron chi connectivity index (χ0n) is 22.6. The first-order chi connectivity index (χ1) is 20.6. The standard InChI is InChI=1S/C31H24F9NO2S/c32-29(33,34)42-25-10-4-8-23(16-25)28(18-21-6-2-1-3-7-21,24-9-5-11-26(17-24)43-30(35,36)37)20-41-19-22-12-14-27(15-13-22)44-31(38,39)40/h1-17,41H,18-20H2. The molecule has 0 unspecified atom stereocenters. The quantitative estimate of drug-likeness (QED) is 0.130. The molecule has 0 atom stereocenters. The molecule has 4 aromatic rings. The molecule has 4 rings (SSSR count). The van der Waals surface area contributed by atoms with Crippen LogP contribution in [0.25, 0.3) is 0 Å². The zero-order valence-corrected chi connectivity index (χ0v) is 23.4. The smallest absolute Gasteiger partial charge is 0.406 e. The van der Waals surface area contributed by atoms with Gasteiger partial charge in [-0.3, -0.25) is 0 Å². The maximum Gasteiger partial charge on any atom is 0.573 e. The summed E-state index contributed by atoms with van der Waals surface area (Å²) < 4.78 is 125. The predicted molar refractivity (Wildman–Crippen MR) is 147 cm³/mol. The summed E-state index contributed by atoms with van der Waals surface area (Å²) in [6.07, 6.45) is -9.85. The molecule has 1 N–H and O–H groups in total. The van der Waals surface area contributed by atoms with Crippen molar-refractivity contribution >= 4 is 11.8 Å². The van der Waals surface area contributed by atoms with Gasteiger partial charge >= 0.3 is 18.2 Å². The normalized spacial score (nSPS) is 12.7. The maximum absolute atomic E-state index is 13.1. The molecule has 0 radical (unpaired) electrons. The molecule has 0 saturated heterocycles. The minimum absolute atomic E-state index is 0.00805. The van der Waals surface area contributed by atoms with Crippen molar-refractivity contribution in [2.45, 2.75) is 41.5 Å². The van der Waals surface area contributed by atoms with Crippen molar-refractivity contribution in [3.05, 3.63) is 125 Å². The van der Waals surface area contributed by atoms with Gasteiger partial charge in [0.2, 0.25) is 0 Å². The summed E-state index contributed by atoms with van der Waals surface area (Å²) in [4.78, 5) is -0.0115. The van der Waals surface area contributed by atoms with Crippen LogP contribution in [0.3, 0.4) is 0 Å². The van der Waals surface area contributed by atoms with Gasteiger partial charge in [-0.05, 0) is 76.8 Å². The lowest BCUT2D eigenvalue weighted by atomic mass is 9.70. The lowest BCUT2D eigenvalue weighted by Crippen LogP contribution is -2.41. The second-order valence-electron chi connectivity index (χ2n) is 9.69. The van der Waals surface area contributed by atoms with E-state index in [9.17, 15) is 39.5 Å². The van der Waals surface area contributed by atoms with Crippen LogP contribution in [0.4, 0.5) is 39.5 Å². The third kappa shape index (κ3) is 9.84. The number of nitrogens with one attached hydrogen (secondary N) is 1. The van der Waals surface area contributed by atoms with Crippen molar-refractivity contribution in [1.82, 2.24) is 5.32 Å². The van der Waals surface area contributed by atoms with E-state index in [2.05, 4.69) is 14.8 Å². The molecular formula is C31H24F9NO2S. The Kier molecular flexibility index (Phi) is 10.1. The topological polar surface area (TPSA) is 30.5 Å². The SMILES string of the molecule is FC(F)(F)Oc1cccc(C(CNCc2ccc(SC(F)(F)F)cc2)(Cc2ccccc2)c2cccc(OC(F)(F)F)c2)c1. The van der Waals surface area contributed by atoms with Crippen LogP contribution < -0.4 is 14.8 Å². The first kappa shape index (κ1) is 33.1. The summed E-state index contributed by atoms with van der Waals surface area (Å²) in [5, 5.41) is 3.21. The Hall–Kier alpha value is -3.84. The monoisotopic (exact) mass is 645 g/mol. The van der Waals surface area contributed by atoms with Gasteiger partial charge in [0.05, 0.1) is 0 Å². The summed E-state index contributed by atoms with van der Waals surface area (Å²) in [7, 11) is 0. The average molecular weight is 646 g/mol. The van der Waals surface area contributed by atoms with Gasteiger partial charge in [-0.15, -0.1) is 26.3 Å². The molecule has 234 valence electrons. The van der Waals surface area contributed by atoms with Gasteiger partial charge in [-0.25, -0.2) is 0 Å². The Morgan fingerprint density at radius 3 is 1.57 bits per heavy atom. The Morgan fingerprint density at radius 2 is 1.09 bits per heavy atom. The van der Waals surface area contributed by atoms with Crippen LogP contribution in [0.15, 0.2) is 108 Å². The highest BCUT2D eigenvalue weighted by atomic mass is 32.2.